The fraction of sp³-hybridized carbons (Fsp3) is 0.429. The van der Waals surface area contributed by atoms with Gasteiger partial charge in [-0.2, -0.15) is 0 Å². The fourth-order valence-electron chi connectivity index (χ4n) is 3.23. The minimum absolute atomic E-state index is 0.0364. The van der Waals surface area contributed by atoms with E-state index in [1.54, 1.807) is 11.3 Å². The first kappa shape index (κ1) is 11.4. The second-order valence-electron chi connectivity index (χ2n) is 5.42. The van der Waals surface area contributed by atoms with Gasteiger partial charge >= 0.3 is 0 Å². The Labute approximate surface area is 115 Å². The van der Waals surface area contributed by atoms with Crippen LogP contribution < -0.4 is 10.6 Å². The second kappa shape index (κ2) is 4.28. The quantitative estimate of drug-likeness (QED) is 0.877. The molecule has 0 radical (unpaired) electrons. The van der Waals surface area contributed by atoms with Crippen LogP contribution in [0.4, 0.5) is 0 Å². The number of amides is 1. The van der Waals surface area contributed by atoms with Gasteiger partial charge in [0.25, 0.3) is 5.91 Å². The maximum atomic E-state index is 12.3. The van der Waals surface area contributed by atoms with E-state index in [-0.39, 0.29) is 5.91 Å². The average Bonchev–Trinajstić information content (AvgIpc) is 3.13. The van der Waals surface area contributed by atoms with Crippen molar-refractivity contribution in [2.75, 3.05) is 6.54 Å². The molecule has 1 saturated heterocycles. The summed E-state index contributed by atoms with van der Waals surface area (Å²) in [7, 11) is 0. The summed E-state index contributed by atoms with van der Waals surface area (Å²) in [5, 5.41) is 8.60. The first-order chi connectivity index (χ1) is 9.29. The minimum atomic E-state index is -0.0364. The Balaban J connectivity index is 1.53. The van der Waals surface area contributed by atoms with Gasteiger partial charge < -0.3 is 10.6 Å². The number of nitrogens with zero attached hydrogens (tertiary/aromatic N) is 1. The third-order valence-electron chi connectivity index (χ3n) is 4.22. The first-order valence-electron chi connectivity index (χ1n) is 6.68. The zero-order valence-electron chi connectivity index (χ0n) is 10.4. The molecule has 3 heterocycles. The van der Waals surface area contributed by atoms with E-state index in [1.165, 1.54) is 6.42 Å². The summed E-state index contributed by atoms with van der Waals surface area (Å²) in [4.78, 5) is 16.7. The largest absolute Gasteiger partial charge is 0.348 e. The van der Waals surface area contributed by atoms with Crippen molar-refractivity contribution in [3.8, 4) is 0 Å². The zero-order chi connectivity index (χ0) is 12.8. The number of hydrogen-bond donors (Lipinski definition) is 2. The number of hydrogen-bond acceptors (Lipinski definition) is 4. The van der Waals surface area contributed by atoms with Crippen LogP contribution in [-0.4, -0.2) is 29.5 Å². The molecule has 3 unspecified atom stereocenters. The van der Waals surface area contributed by atoms with Crippen molar-refractivity contribution in [3.63, 3.8) is 0 Å². The lowest BCUT2D eigenvalue weighted by Crippen LogP contribution is -2.44. The van der Waals surface area contributed by atoms with Gasteiger partial charge in [0.1, 0.15) is 5.69 Å². The predicted molar refractivity (Wildman–Crippen MR) is 75.4 cm³/mol. The monoisotopic (exact) mass is 273 g/mol. The van der Waals surface area contributed by atoms with Crippen molar-refractivity contribution in [1.82, 2.24) is 15.6 Å². The number of carbonyl (C=O) groups excluding carboxylic acids is 1. The molecule has 2 aliphatic rings. The zero-order valence-corrected chi connectivity index (χ0v) is 11.2. The number of piperidine rings is 1. The number of thiophene rings is 1. The molecule has 3 atom stereocenters. The average molecular weight is 273 g/mol. The summed E-state index contributed by atoms with van der Waals surface area (Å²) in [6.07, 6.45) is 2.25. The normalized spacial score (nSPS) is 28.9. The highest BCUT2D eigenvalue weighted by Gasteiger charge is 2.40. The Morgan fingerprint density at radius 1 is 1.37 bits per heavy atom. The van der Waals surface area contributed by atoms with E-state index in [1.807, 2.05) is 23.6 Å². The van der Waals surface area contributed by atoms with Crippen molar-refractivity contribution >= 4 is 27.5 Å². The first-order valence-corrected chi connectivity index (χ1v) is 7.56. The molecule has 0 spiro atoms. The summed E-state index contributed by atoms with van der Waals surface area (Å²) in [6, 6.07) is 6.67. The number of rotatable bonds is 2. The summed E-state index contributed by atoms with van der Waals surface area (Å²) < 4.78 is 1.13. The van der Waals surface area contributed by atoms with Crippen LogP contribution in [0.5, 0.6) is 0 Å². The molecule has 2 bridgehead atoms. The van der Waals surface area contributed by atoms with Gasteiger partial charge in [0.15, 0.2) is 0 Å². The van der Waals surface area contributed by atoms with Crippen LogP contribution in [-0.2, 0) is 0 Å². The van der Waals surface area contributed by atoms with E-state index in [4.69, 9.17) is 0 Å². The van der Waals surface area contributed by atoms with Crippen molar-refractivity contribution in [3.05, 3.63) is 29.3 Å². The molecule has 0 aromatic carbocycles. The lowest BCUT2D eigenvalue weighted by atomic mass is 10.0. The molecule has 98 valence electrons. The van der Waals surface area contributed by atoms with Crippen LogP contribution in [0.25, 0.3) is 10.2 Å². The van der Waals surface area contributed by atoms with Crippen molar-refractivity contribution in [2.45, 2.75) is 24.9 Å². The number of aromatic nitrogens is 1. The summed E-state index contributed by atoms with van der Waals surface area (Å²) in [6.45, 7) is 1.03. The van der Waals surface area contributed by atoms with Crippen LogP contribution >= 0.6 is 11.3 Å². The molecule has 2 fully saturated rings. The van der Waals surface area contributed by atoms with Crippen LogP contribution in [0.2, 0.25) is 0 Å². The van der Waals surface area contributed by atoms with Crippen molar-refractivity contribution in [1.29, 1.82) is 0 Å². The minimum Gasteiger partial charge on any atom is -0.348 e. The summed E-state index contributed by atoms with van der Waals surface area (Å²) in [5.74, 6) is 0.560. The molecule has 1 aliphatic heterocycles. The molecule has 1 amide bonds. The third-order valence-corrected chi connectivity index (χ3v) is 5.09. The van der Waals surface area contributed by atoms with E-state index < -0.39 is 0 Å². The highest BCUT2D eigenvalue weighted by Crippen LogP contribution is 2.31. The van der Waals surface area contributed by atoms with Gasteiger partial charge in [0.05, 0.1) is 10.2 Å². The third kappa shape index (κ3) is 1.93. The lowest BCUT2D eigenvalue weighted by molar-refractivity contribution is 0.0920. The summed E-state index contributed by atoms with van der Waals surface area (Å²) in [5.41, 5.74) is 1.44. The highest BCUT2D eigenvalue weighted by atomic mass is 32.1. The van der Waals surface area contributed by atoms with Gasteiger partial charge in [0.2, 0.25) is 0 Å². The van der Waals surface area contributed by atoms with Crippen molar-refractivity contribution < 1.29 is 4.79 Å². The number of nitrogens with one attached hydrogen (secondary N) is 2. The standard InChI is InChI=1S/C14H15N3OS/c18-14(17-12-6-9-5-8(12)7-15-9)11-1-2-13-10(16-11)3-4-19-13/h1-4,8-9,12,15H,5-7H2,(H,17,18). The van der Waals surface area contributed by atoms with Gasteiger partial charge in [-0.1, -0.05) is 0 Å². The number of carbonyl (C=O) groups is 1. The fourth-order valence-corrected chi connectivity index (χ4v) is 3.96. The molecule has 2 aromatic rings. The van der Waals surface area contributed by atoms with Crippen LogP contribution in [0.3, 0.4) is 0 Å². The maximum absolute atomic E-state index is 12.3. The SMILES string of the molecule is O=C(NC1CC2CC1CN2)c1ccc2sccc2n1. The maximum Gasteiger partial charge on any atom is 0.270 e. The van der Waals surface area contributed by atoms with Gasteiger partial charge in [-0.05, 0) is 42.3 Å². The molecule has 1 saturated carbocycles. The lowest BCUT2D eigenvalue weighted by Gasteiger charge is -2.23. The topological polar surface area (TPSA) is 54.0 Å². The molecule has 19 heavy (non-hydrogen) atoms. The molecular weight excluding hydrogens is 258 g/mol. The Hall–Kier alpha value is -1.46. The summed E-state index contributed by atoms with van der Waals surface area (Å²) >= 11 is 1.65. The smallest absolute Gasteiger partial charge is 0.270 e. The Bertz CT molecular complexity index is 638. The van der Waals surface area contributed by atoms with Gasteiger partial charge in [-0.3, -0.25) is 4.79 Å². The second-order valence-corrected chi connectivity index (χ2v) is 6.36. The predicted octanol–water partition coefficient (Wildman–Crippen LogP) is 1.78. The molecule has 4 nitrogen and oxygen atoms in total. The molecule has 4 rings (SSSR count). The number of fused-ring (bicyclic) bond motifs is 3. The van der Waals surface area contributed by atoms with Gasteiger partial charge in [-0.25, -0.2) is 4.98 Å². The molecular formula is C14H15N3OS. The highest BCUT2D eigenvalue weighted by molar-refractivity contribution is 7.17. The van der Waals surface area contributed by atoms with Crippen LogP contribution in [0.1, 0.15) is 23.3 Å². The van der Waals surface area contributed by atoms with E-state index in [0.717, 1.165) is 23.2 Å². The van der Waals surface area contributed by atoms with E-state index in [0.29, 0.717) is 23.7 Å². The number of pyridine rings is 1. The van der Waals surface area contributed by atoms with Crippen LogP contribution in [0.15, 0.2) is 23.6 Å². The Morgan fingerprint density at radius 2 is 2.32 bits per heavy atom. The molecule has 5 heteroatoms. The van der Waals surface area contributed by atoms with E-state index in [2.05, 4.69) is 15.6 Å². The Morgan fingerprint density at radius 3 is 3.11 bits per heavy atom. The van der Waals surface area contributed by atoms with E-state index >= 15 is 0 Å². The molecule has 2 N–H and O–H groups in total. The van der Waals surface area contributed by atoms with Crippen LogP contribution in [0, 0.1) is 5.92 Å². The van der Waals surface area contributed by atoms with Gasteiger partial charge in [0, 0.05) is 18.6 Å². The molecule has 2 aromatic heterocycles. The Kier molecular flexibility index (Phi) is 2.56. The van der Waals surface area contributed by atoms with Gasteiger partial charge in [-0.15, -0.1) is 11.3 Å². The molecule has 1 aliphatic carbocycles. The van der Waals surface area contributed by atoms with Crippen molar-refractivity contribution in [2.24, 2.45) is 5.92 Å². The van der Waals surface area contributed by atoms with E-state index in [9.17, 15) is 4.79 Å².